The summed E-state index contributed by atoms with van der Waals surface area (Å²) < 4.78 is 26.1. The quantitative estimate of drug-likeness (QED) is 0.834. The maximum absolute atomic E-state index is 12.3. The Balaban J connectivity index is 1.91. The minimum atomic E-state index is -3.12. The minimum Gasteiger partial charge on any atom is -0.369 e. The first-order chi connectivity index (χ1) is 11.8. The van der Waals surface area contributed by atoms with E-state index >= 15 is 0 Å². The van der Waals surface area contributed by atoms with Gasteiger partial charge in [0.2, 0.25) is 10.0 Å². The summed E-state index contributed by atoms with van der Waals surface area (Å²) in [7, 11) is 0.259. The summed E-state index contributed by atoms with van der Waals surface area (Å²) in [6, 6.07) is 7.46. The van der Waals surface area contributed by atoms with E-state index in [1.54, 1.807) is 18.4 Å². The van der Waals surface area contributed by atoms with Crippen molar-refractivity contribution in [2.24, 2.45) is 0 Å². The highest BCUT2D eigenvalue weighted by atomic mass is 32.2. The van der Waals surface area contributed by atoms with Crippen molar-refractivity contribution in [2.75, 3.05) is 56.2 Å². The van der Waals surface area contributed by atoms with Crippen LogP contribution in [0.15, 0.2) is 24.3 Å². The molecular formula is C17H28N4O3S. The van der Waals surface area contributed by atoms with Crippen molar-refractivity contribution >= 4 is 27.4 Å². The third-order valence-electron chi connectivity index (χ3n) is 4.28. The number of nitrogens with zero attached hydrogens (tertiary/aromatic N) is 3. The van der Waals surface area contributed by atoms with Crippen molar-refractivity contribution in [1.29, 1.82) is 0 Å². The number of piperazine rings is 1. The maximum atomic E-state index is 12.3. The molecule has 0 atom stereocenters. The zero-order valence-electron chi connectivity index (χ0n) is 15.2. The van der Waals surface area contributed by atoms with E-state index in [2.05, 4.69) is 10.2 Å². The average molecular weight is 369 g/mol. The molecule has 0 bridgehead atoms. The fraction of sp³-hybridized carbons (Fsp3) is 0.588. The fourth-order valence-corrected chi connectivity index (χ4v) is 4.30. The second-order valence-corrected chi connectivity index (χ2v) is 8.52. The van der Waals surface area contributed by atoms with Gasteiger partial charge in [-0.3, -0.25) is 0 Å². The Bertz CT molecular complexity index is 666. The number of anilines is 2. The summed E-state index contributed by atoms with van der Waals surface area (Å²) in [6.45, 7) is 4.39. The molecule has 1 heterocycles. The van der Waals surface area contributed by atoms with Crippen molar-refractivity contribution in [3.63, 3.8) is 0 Å². The van der Waals surface area contributed by atoms with Gasteiger partial charge in [0.05, 0.1) is 5.75 Å². The minimum absolute atomic E-state index is 0.168. The molecule has 0 aliphatic carbocycles. The molecule has 1 aromatic rings. The van der Waals surface area contributed by atoms with Gasteiger partial charge in [0.15, 0.2) is 0 Å². The second-order valence-electron chi connectivity index (χ2n) is 6.43. The summed E-state index contributed by atoms with van der Waals surface area (Å²) in [4.78, 5) is 15.3. The van der Waals surface area contributed by atoms with Crippen LogP contribution in [0.3, 0.4) is 0 Å². The van der Waals surface area contributed by atoms with E-state index in [4.69, 9.17) is 0 Å². The molecule has 1 fully saturated rings. The molecule has 8 heteroatoms. The number of hydrogen-bond acceptors (Lipinski definition) is 4. The van der Waals surface area contributed by atoms with Crippen LogP contribution in [0, 0.1) is 0 Å². The molecule has 25 heavy (non-hydrogen) atoms. The molecule has 0 unspecified atom stereocenters. The Morgan fingerprint density at radius 2 is 1.72 bits per heavy atom. The molecule has 1 aromatic carbocycles. The van der Waals surface area contributed by atoms with Crippen molar-refractivity contribution in [3.05, 3.63) is 24.3 Å². The number of urea groups is 1. The van der Waals surface area contributed by atoms with Crippen molar-refractivity contribution in [1.82, 2.24) is 9.21 Å². The Morgan fingerprint density at radius 1 is 1.12 bits per heavy atom. The molecule has 0 spiro atoms. The largest absolute Gasteiger partial charge is 0.369 e. The summed E-state index contributed by atoms with van der Waals surface area (Å²) in [5.74, 6) is 0.240. The fourth-order valence-electron chi connectivity index (χ4n) is 2.67. The smallest absolute Gasteiger partial charge is 0.321 e. The van der Waals surface area contributed by atoms with Crippen LogP contribution in [0.5, 0.6) is 0 Å². The van der Waals surface area contributed by atoms with Gasteiger partial charge in [0, 0.05) is 51.6 Å². The summed E-state index contributed by atoms with van der Waals surface area (Å²) in [6.07, 6.45) is 1.60. The van der Waals surface area contributed by atoms with E-state index in [0.29, 0.717) is 32.6 Å². The predicted octanol–water partition coefficient (Wildman–Crippen LogP) is 2.03. The van der Waals surface area contributed by atoms with Crippen LogP contribution in [-0.4, -0.2) is 69.7 Å². The van der Waals surface area contributed by atoms with E-state index in [1.165, 1.54) is 4.90 Å². The number of carbonyl (C=O) groups is 1. The Morgan fingerprint density at radius 3 is 2.24 bits per heavy atom. The zero-order chi connectivity index (χ0) is 18.4. The van der Waals surface area contributed by atoms with Crippen molar-refractivity contribution in [2.45, 2.75) is 19.8 Å². The Kier molecular flexibility index (Phi) is 6.66. The number of unbranched alkanes of at least 4 members (excludes halogenated alkanes) is 1. The van der Waals surface area contributed by atoms with Crippen molar-refractivity contribution in [3.8, 4) is 0 Å². The van der Waals surface area contributed by atoms with Crippen LogP contribution in [0.25, 0.3) is 0 Å². The van der Waals surface area contributed by atoms with Crippen LogP contribution in [0.2, 0.25) is 0 Å². The number of carbonyl (C=O) groups excluding carboxylic acids is 1. The lowest BCUT2D eigenvalue weighted by Gasteiger charge is -2.35. The van der Waals surface area contributed by atoms with Crippen LogP contribution < -0.4 is 10.2 Å². The highest BCUT2D eigenvalue weighted by Crippen LogP contribution is 2.21. The molecule has 140 valence electrons. The lowest BCUT2D eigenvalue weighted by atomic mass is 10.2. The first kappa shape index (κ1) is 19.5. The first-order valence-electron chi connectivity index (χ1n) is 8.64. The van der Waals surface area contributed by atoms with E-state index in [-0.39, 0.29) is 11.8 Å². The molecule has 0 radical (unpaired) electrons. The number of amides is 2. The van der Waals surface area contributed by atoms with Gasteiger partial charge in [0.25, 0.3) is 0 Å². The van der Waals surface area contributed by atoms with Crippen molar-refractivity contribution < 1.29 is 13.2 Å². The van der Waals surface area contributed by atoms with E-state index < -0.39 is 10.0 Å². The Labute approximate surface area is 150 Å². The molecule has 7 nitrogen and oxygen atoms in total. The van der Waals surface area contributed by atoms with Gasteiger partial charge in [0.1, 0.15) is 0 Å². The first-order valence-corrected chi connectivity index (χ1v) is 10.3. The summed E-state index contributed by atoms with van der Waals surface area (Å²) in [5.41, 5.74) is 1.77. The molecule has 0 aromatic heterocycles. The normalized spacial score (nSPS) is 15.9. The van der Waals surface area contributed by atoms with E-state index in [9.17, 15) is 13.2 Å². The van der Waals surface area contributed by atoms with Gasteiger partial charge in [-0.15, -0.1) is 0 Å². The highest BCUT2D eigenvalue weighted by Gasteiger charge is 2.26. The topological polar surface area (TPSA) is 73.0 Å². The average Bonchev–Trinajstić information content (AvgIpc) is 2.60. The lowest BCUT2D eigenvalue weighted by molar-refractivity contribution is 0.230. The molecule has 1 aliphatic rings. The molecule has 1 saturated heterocycles. The molecule has 2 rings (SSSR count). The third kappa shape index (κ3) is 5.34. The monoisotopic (exact) mass is 368 g/mol. The summed E-state index contributed by atoms with van der Waals surface area (Å²) >= 11 is 0. The van der Waals surface area contributed by atoms with Gasteiger partial charge in [-0.05, 0) is 30.7 Å². The number of nitrogens with one attached hydrogen (secondary N) is 1. The predicted molar refractivity (Wildman–Crippen MR) is 102 cm³/mol. The van der Waals surface area contributed by atoms with Gasteiger partial charge in [-0.25, -0.2) is 13.2 Å². The van der Waals surface area contributed by atoms with Gasteiger partial charge >= 0.3 is 6.03 Å². The number of hydrogen-bond donors (Lipinski definition) is 1. The van der Waals surface area contributed by atoms with Crippen LogP contribution in [-0.2, 0) is 10.0 Å². The molecule has 1 aliphatic heterocycles. The van der Waals surface area contributed by atoms with Crippen LogP contribution >= 0.6 is 0 Å². The number of sulfonamides is 1. The van der Waals surface area contributed by atoms with Crippen LogP contribution in [0.4, 0.5) is 16.2 Å². The molecule has 0 saturated carbocycles. The van der Waals surface area contributed by atoms with Gasteiger partial charge < -0.3 is 15.1 Å². The van der Waals surface area contributed by atoms with E-state index in [1.807, 2.05) is 31.2 Å². The zero-order valence-corrected chi connectivity index (χ0v) is 16.1. The summed E-state index contributed by atoms with van der Waals surface area (Å²) in [5, 5.41) is 2.80. The number of benzene rings is 1. The SMILES string of the molecule is CCCCS(=O)(=O)N1CCN(c2ccc(NC(=O)N(C)C)cc2)CC1. The third-order valence-corrected chi connectivity index (χ3v) is 6.23. The molecule has 1 N–H and O–H groups in total. The van der Waals surface area contributed by atoms with Gasteiger partial charge in [-0.2, -0.15) is 4.31 Å². The van der Waals surface area contributed by atoms with Gasteiger partial charge in [-0.1, -0.05) is 13.3 Å². The molecule has 2 amide bonds. The lowest BCUT2D eigenvalue weighted by Crippen LogP contribution is -2.49. The molecular weight excluding hydrogens is 340 g/mol. The second kappa shape index (κ2) is 8.53. The number of rotatable bonds is 6. The van der Waals surface area contributed by atoms with Crippen LogP contribution in [0.1, 0.15) is 19.8 Å². The van der Waals surface area contributed by atoms with E-state index in [0.717, 1.165) is 17.8 Å². The highest BCUT2D eigenvalue weighted by molar-refractivity contribution is 7.89. The standard InChI is InChI=1S/C17H28N4O3S/c1-4-5-14-25(23,24)21-12-10-20(11-13-21)16-8-6-15(7-9-16)18-17(22)19(2)3/h6-9H,4-5,10-14H2,1-3H3,(H,18,22). The maximum Gasteiger partial charge on any atom is 0.321 e. The Hall–Kier alpha value is -1.80.